The number of hydrogen-bond acceptors (Lipinski definition) is 3. The van der Waals surface area contributed by atoms with Crippen LogP contribution in [-0.4, -0.2) is 16.3 Å². The fourth-order valence-corrected chi connectivity index (χ4v) is 0.945. The molecular formula is C8H7F3N2O. The first kappa shape index (κ1) is 10.6. The van der Waals surface area contributed by atoms with Crippen molar-refractivity contribution in [2.24, 2.45) is 0 Å². The van der Waals surface area contributed by atoms with Crippen molar-refractivity contribution in [3.8, 4) is 0 Å². The second-order valence-corrected chi connectivity index (χ2v) is 2.56. The number of nitrogens with zero attached hydrogens (tertiary/aromatic N) is 2. The first-order valence-corrected chi connectivity index (χ1v) is 3.87. The van der Waals surface area contributed by atoms with Gasteiger partial charge in [0.1, 0.15) is 0 Å². The van der Waals surface area contributed by atoms with Crippen LogP contribution >= 0.6 is 0 Å². The molecule has 1 heterocycles. The van der Waals surface area contributed by atoms with E-state index in [0.717, 1.165) is 6.20 Å². The fraction of sp³-hybridized carbons (Fsp3) is 0.375. The molecule has 14 heavy (non-hydrogen) atoms. The highest BCUT2D eigenvalue weighted by Crippen LogP contribution is 2.26. The smallest absolute Gasteiger partial charge is 0.298 e. The first-order valence-electron chi connectivity index (χ1n) is 3.87. The molecule has 0 aliphatic carbocycles. The van der Waals surface area contributed by atoms with Crippen LogP contribution in [0.4, 0.5) is 13.2 Å². The van der Waals surface area contributed by atoms with Crippen LogP contribution in [0.3, 0.4) is 0 Å². The van der Waals surface area contributed by atoms with E-state index in [1.807, 2.05) is 0 Å². The third kappa shape index (κ3) is 2.07. The number of rotatable bonds is 2. The summed E-state index contributed by atoms with van der Waals surface area (Å²) in [6.45, 7) is 1.62. The molecule has 0 aromatic carbocycles. The number of carbonyl (C=O) groups excluding carboxylic acids is 1. The van der Waals surface area contributed by atoms with E-state index < -0.39 is 12.0 Å². The third-order valence-corrected chi connectivity index (χ3v) is 1.62. The number of aldehydes is 1. The van der Waals surface area contributed by atoms with Crippen molar-refractivity contribution < 1.29 is 18.0 Å². The van der Waals surface area contributed by atoms with Gasteiger partial charge in [0.05, 0.1) is 11.3 Å². The average molecular weight is 204 g/mol. The van der Waals surface area contributed by atoms with Gasteiger partial charge in [-0.05, 0) is 6.42 Å². The zero-order valence-corrected chi connectivity index (χ0v) is 7.30. The minimum Gasteiger partial charge on any atom is -0.298 e. The van der Waals surface area contributed by atoms with E-state index in [0.29, 0.717) is 6.29 Å². The van der Waals surface area contributed by atoms with Gasteiger partial charge in [-0.15, -0.1) is 0 Å². The zero-order chi connectivity index (χ0) is 10.8. The van der Waals surface area contributed by atoms with Crippen molar-refractivity contribution in [3.05, 3.63) is 23.3 Å². The molecule has 0 aliphatic heterocycles. The fourth-order valence-electron chi connectivity index (χ4n) is 0.945. The second-order valence-electron chi connectivity index (χ2n) is 2.56. The van der Waals surface area contributed by atoms with Gasteiger partial charge in [0.2, 0.25) is 5.82 Å². The van der Waals surface area contributed by atoms with Gasteiger partial charge in [-0.2, -0.15) is 13.2 Å². The lowest BCUT2D eigenvalue weighted by Crippen LogP contribution is -2.13. The van der Waals surface area contributed by atoms with Crippen LogP contribution in [0.25, 0.3) is 0 Å². The monoisotopic (exact) mass is 204 g/mol. The van der Waals surface area contributed by atoms with E-state index in [-0.39, 0.29) is 17.7 Å². The maximum absolute atomic E-state index is 12.1. The van der Waals surface area contributed by atoms with Crippen molar-refractivity contribution >= 4 is 6.29 Å². The average Bonchev–Trinajstić information content (AvgIpc) is 2.15. The summed E-state index contributed by atoms with van der Waals surface area (Å²) in [5.74, 6) is -1.21. The lowest BCUT2D eigenvalue weighted by molar-refractivity contribution is -0.145. The van der Waals surface area contributed by atoms with Crippen LogP contribution < -0.4 is 0 Å². The summed E-state index contributed by atoms with van der Waals surface area (Å²) in [6, 6.07) is 0. The Morgan fingerprint density at radius 2 is 2.14 bits per heavy atom. The van der Waals surface area contributed by atoms with Crippen LogP contribution in [0.15, 0.2) is 6.20 Å². The molecule has 0 N–H and O–H groups in total. The molecule has 6 heteroatoms. The van der Waals surface area contributed by atoms with Crippen molar-refractivity contribution in [2.75, 3.05) is 0 Å². The number of aryl methyl sites for hydroxylation is 1. The summed E-state index contributed by atoms with van der Waals surface area (Å²) >= 11 is 0. The highest BCUT2D eigenvalue weighted by Gasteiger charge is 2.34. The summed E-state index contributed by atoms with van der Waals surface area (Å²) in [7, 11) is 0. The summed E-state index contributed by atoms with van der Waals surface area (Å²) in [6.07, 6.45) is -2.97. The molecule has 0 saturated carbocycles. The predicted molar refractivity (Wildman–Crippen MR) is 41.8 cm³/mol. The molecule has 0 amide bonds. The highest BCUT2D eigenvalue weighted by atomic mass is 19.4. The zero-order valence-electron chi connectivity index (χ0n) is 7.30. The molecule has 1 aromatic rings. The standard InChI is InChI=1S/C8H7F3N2O/c1-2-6-5(4-14)3-12-7(13-6)8(9,10)11/h3-4H,2H2,1H3. The topological polar surface area (TPSA) is 42.9 Å². The van der Waals surface area contributed by atoms with E-state index in [2.05, 4.69) is 9.97 Å². The molecule has 0 bridgehead atoms. The van der Waals surface area contributed by atoms with E-state index in [4.69, 9.17) is 0 Å². The Hall–Kier alpha value is -1.46. The Labute approximate surface area is 78.0 Å². The summed E-state index contributed by atoms with van der Waals surface area (Å²) in [4.78, 5) is 16.7. The van der Waals surface area contributed by atoms with E-state index in [1.54, 1.807) is 6.92 Å². The molecule has 0 saturated heterocycles. The Balaban J connectivity index is 3.21. The molecule has 3 nitrogen and oxygen atoms in total. The Kier molecular flexibility index (Phi) is 2.83. The Morgan fingerprint density at radius 1 is 1.50 bits per heavy atom. The van der Waals surface area contributed by atoms with Gasteiger partial charge >= 0.3 is 6.18 Å². The minimum atomic E-state index is -4.56. The van der Waals surface area contributed by atoms with Gasteiger partial charge < -0.3 is 0 Å². The third-order valence-electron chi connectivity index (χ3n) is 1.62. The van der Waals surface area contributed by atoms with Gasteiger partial charge in [0.15, 0.2) is 6.29 Å². The molecule has 76 valence electrons. The Bertz CT molecular complexity index is 349. The molecule has 0 spiro atoms. The summed E-state index contributed by atoms with van der Waals surface area (Å²) < 4.78 is 36.4. The number of carbonyl (C=O) groups is 1. The lowest BCUT2D eigenvalue weighted by Gasteiger charge is -2.06. The maximum atomic E-state index is 12.1. The molecule has 1 aromatic heterocycles. The van der Waals surface area contributed by atoms with Crippen LogP contribution in [-0.2, 0) is 12.6 Å². The van der Waals surface area contributed by atoms with Crippen LogP contribution in [0.2, 0.25) is 0 Å². The van der Waals surface area contributed by atoms with Gasteiger partial charge in [-0.3, -0.25) is 4.79 Å². The second kappa shape index (κ2) is 3.73. The van der Waals surface area contributed by atoms with Gasteiger partial charge in [-0.1, -0.05) is 6.92 Å². The molecule has 1 rings (SSSR count). The number of halogens is 3. The lowest BCUT2D eigenvalue weighted by atomic mass is 10.2. The molecule has 0 aliphatic rings. The molecular weight excluding hydrogens is 197 g/mol. The number of alkyl halides is 3. The van der Waals surface area contributed by atoms with E-state index >= 15 is 0 Å². The molecule has 0 atom stereocenters. The molecule has 0 unspecified atom stereocenters. The van der Waals surface area contributed by atoms with E-state index in [9.17, 15) is 18.0 Å². The molecule has 0 fully saturated rings. The summed E-state index contributed by atoms with van der Waals surface area (Å²) in [5, 5.41) is 0. The first-order chi connectivity index (χ1) is 6.49. The maximum Gasteiger partial charge on any atom is 0.451 e. The highest BCUT2D eigenvalue weighted by molar-refractivity contribution is 5.75. The van der Waals surface area contributed by atoms with Gasteiger partial charge in [0.25, 0.3) is 0 Å². The van der Waals surface area contributed by atoms with Crippen LogP contribution in [0, 0.1) is 0 Å². The van der Waals surface area contributed by atoms with Crippen molar-refractivity contribution in [3.63, 3.8) is 0 Å². The van der Waals surface area contributed by atoms with Gasteiger partial charge in [-0.25, -0.2) is 9.97 Å². The van der Waals surface area contributed by atoms with E-state index in [1.165, 1.54) is 0 Å². The van der Waals surface area contributed by atoms with Crippen molar-refractivity contribution in [1.29, 1.82) is 0 Å². The molecule has 0 radical (unpaired) electrons. The quantitative estimate of drug-likeness (QED) is 0.690. The van der Waals surface area contributed by atoms with Crippen molar-refractivity contribution in [1.82, 2.24) is 9.97 Å². The van der Waals surface area contributed by atoms with Crippen LogP contribution in [0.1, 0.15) is 28.8 Å². The van der Waals surface area contributed by atoms with Crippen molar-refractivity contribution in [2.45, 2.75) is 19.5 Å². The van der Waals surface area contributed by atoms with Gasteiger partial charge in [0, 0.05) is 6.20 Å². The number of hydrogen-bond donors (Lipinski definition) is 0. The minimum absolute atomic E-state index is 0.0977. The largest absolute Gasteiger partial charge is 0.451 e. The predicted octanol–water partition coefficient (Wildman–Crippen LogP) is 1.87. The normalized spacial score (nSPS) is 11.4. The summed E-state index contributed by atoms with van der Waals surface area (Å²) in [5.41, 5.74) is 0.211. The Morgan fingerprint density at radius 3 is 2.57 bits per heavy atom. The SMILES string of the molecule is CCc1nc(C(F)(F)F)ncc1C=O. The van der Waals surface area contributed by atoms with Crippen LogP contribution in [0.5, 0.6) is 0 Å². The number of aromatic nitrogens is 2.